The zero-order valence-corrected chi connectivity index (χ0v) is 24.8. The lowest BCUT2D eigenvalue weighted by molar-refractivity contribution is 1.17. The highest BCUT2D eigenvalue weighted by atomic mass is 14.9. The van der Waals surface area contributed by atoms with E-state index in [0.29, 0.717) is 5.82 Å². The Morgan fingerprint density at radius 2 is 0.913 bits per heavy atom. The second-order valence-electron chi connectivity index (χ2n) is 11.0. The smallest absolute Gasteiger partial charge is 0.161 e. The number of aromatic nitrogens is 5. The number of benzene rings is 4. The molecule has 8 aromatic rings. The molecule has 0 bridgehead atoms. The van der Waals surface area contributed by atoms with Crippen molar-refractivity contribution in [1.82, 2.24) is 24.9 Å². The summed E-state index contributed by atoms with van der Waals surface area (Å²) in [6.45, 7) is 0. The van der Waals surface area contributed by atoms with E-state index in [9.17, 15) is 0 Å². The third-order valence-electron chi connectivity index (χ3n) is 7.98. The van der Waals surface area contributed by atoms with Crippen LogP contribution in [0.4, 0.5) is 0 Å². The van der Waals surface area contributed by atoms with Gasteiger partial charge in [0.05, 0.1) is 34.2 Å². The third kappa shape index (κ3) is 5.53. The predicted molar refractivity (Wildman–Crippen MR) is 186 cm³/mol. The number of rotatable bonds is 6. The zero-order chi connectivity index (χ0) is 30.7. The van der Waals surface area contributed by atoms with Crippen molar-refractivity contribution in [3.8, 4) is 67.8 Å². The van der Waals surface area contributed by atoms with Gasteiger partial charge in [0.2, 0.25) is 0 Å². The summed E-state index contributed by atoms with van der Waals surface area (Å²) in [5.41, 5.74) is 9.89. The van der Waals surface area contributed by atoms with Gasteiger partial charge in [0.25, 0.3) is 0 Å². The number of nitrogens with zero attached hydrogens (tertiary/aromatic N) is 5. The van der Waals surface area contributed by atoms with Gasteiger partial charge >= 0.3 is 0 Å². The van der Waals surface area contributed by atoms with Crippen molar-refractivity contribution in [2.75, 3.05) is 0 Å². The van der Waals surface area contributed by atoms with E-state index < -0.39 is 0 Å². The molecule has 216 valence electrons. The molecule has 5 heteroatoms. The van der Waals surface area contributed by atoms with Crippen LogP contribution < -0.4 is 0 Å². The zero-order valence-electron chi connectivity index (χ0n) is 24.8. The Bertz CT molecular complexity index is 2230. The summed E-state index contributed by atoms with van der Waals surface area (Å²) in [5.74, 6) is 0.617. The van der Waals surface area contributed by atoms with E-state index in [1.54, 1.807) is 6.20 Å². The fraction of sp³-hybridized carbons (Fsp3) is 0. The lowest BCUT2D eigenvalue weighted by atomic mass is 9.99. The van der Waals surface area contributed by atoms with E-state index in [1.807, 2.05) is 79.0 Å². The van der Waals surface area contributed by atoms with Gasteiger partial charge in [-0.25, -0.2) is 15.0 Å². The first-order chi connectivity index (χ1) is 22.8. The third-order valence-corrected chi connectivity index (χ3v) is 7.98. The molecule has 0 aliphatic rings. The van der Waals surface area contributed by atoms with Crippen molar-refractivity contribution in [3.63, 3.8) is 0 Å². The summed E-state index contributed by atoms with van der Waals surface area (Å²) < 4.78 is 0. The second-order valence-corrected chi connectivity index (χ2v) is 11.0. The lowest BCUT2D eigenvalue weighted by Gasteiger charge is -2.11. The standard InChI is InChI=1S/C41H27N5/c1-3-12-29(13-4-1)37-26-38(30-14-5-2-6-15-30)46-41(45-37)33-20-21-36(43-27-33)40-25-34(24-39(44-40)35-17-9-10-22-42-35)32-19-18-28-11-7-8-16-31(28)23-32/h1-27H. The van der Waals surface area contributed by atoms with Crippen molar-refractivity contribution in [2.24, 2.45) is 0 Å². The molecule has 0 unspecified atom stereocenters. The molecule has 0 aliphatic heterocycles. The highest BCUT2D eigenvalue weighted by Crippen LogP contribution is 2.32. The summed E-state index contributed by atoms with van der Waals surface area (Å²) in [6.07, 6.45) is 3.62. The van der Waals surface area contributed by atoms with Gasteiger partial charge in [0, 0.05) is 29.1 Å². The molecule has 0 radical (unpaired) electrons. The highest BCUT2D eigenvalue weighted by molar-refractivity contribution is 5.88. The van der Waals surface area contributed by atoms with Crippen LogP contribution in [0, 0.1) is 0 Å². The Morgan fingerprint density at radius 1 is 0.304 bits per heavy atom. The molecule has 0 atom stereocenters. The molecule has 4 aromatic heterocycles. The minimum absolute atomic E-state index is 0.617. The molecule has 0 N–H and O–H groups in total. The first-order valence-corrected chi connectivity index (χ1v) is 15.2. The van der Waals surface area contributed by atoms with Crippen molar-refractivity contribution in [3.05, 3.63) is 164 Å². The summed E-state index contributed by atoms with van der Waals surface area (Å²) in [6, 6.07) is 51.4. The molecule has 5 nitrogen and oxygen atoms in total. The van der Waals surface area contributed by atoms with Gasteiger partial charge in [-0.3, -0.25) is 9.97 Å². The predicted octanol–water partition coefficient (Wildman–Crippen LogP) is 9.82. The molecule has 0 aliphatic carbocycles. The molecule has 0 saturated carbocycles. The van der Waals surface area contributed by atoms with Crippen LogP contribution in [-0.2, 0) is 0 Å². The van der Waals surface area contributed by atoms with Crippen LogP contribution in [0.2, 0.25) is 0 Å². The van der Waals surface area contributed by atoms with Gasteiger partial charge in [0.1, 0.15) is 0 Å². The van der Waals surface area contributed by atoms with E-state index >= 15 is 0 Å². The summed E-state index contributed by atoms with van der Waals surface area (Å²) in [5, 5.41) is 2.39. The Kier molecular flexibility index (Phi) is 7.09. The van der Waals surface area contributed by atoms with Gasteiger partial charge in [-0.2, -0.15) is 0 Å². The summed E-state index contributed by atoms with van der Waals surface area (Å²) >= 11 is 0. The molecule has 0 amide bonds. The van der Waals surface area contributed by atoms with Crippen LogP contribution in [0.1, 0.15) is 0 Å². The van der Waals surface area contributed by atoms with Crippen LogP contribution in [0.5, 0.6) is 0 Å². The summed E-state index contributed by atoms with van der Waals surface area (Å²) in [4.78, 5) is 24.4. The van der Waals surface area contributed by atoms with Crippen molar-refractivity contribution < 1.29 is 0 Å². The largest absolute Gasteiger partial charge is 0.255 e. The van der Waals surface area contributed by atoms with Crippen molar-refractivity contribution in [2.45, 2.75) is 0 Å². The number of hydrogen-bond acceptors (Lipinski definition) is 5. The molecule has 0 saturated heterocycles. The second kappa shape index (κ2) is 12.0. The number of pyridine rings is 3. The van der Waals surface area contributed by atoms with Crippen molar-refractivity contribution in [1.29, 1.82) is 0 Å². The van der Waals surface area contributed by atoms with E-state index in [2.05, 4.69) is 83.8 Å². The SMILES string of the molecule is c1ccc(-c2cc(-c3ccccc3)nc(-c3ccc(-c4cc(-c5ccc6ccccc6c5)cc(-c5ccccn5)n4)nc3)n2)cc1. The highest BCUT2D eigenvalue weighted by Gasteiger charge is 2.14. The molecule has 4 heterocycles. The fourth-order valence-corrected chi connectivity index (χ4v) is 5.61. The molecular weight excluding hydrogens is 562 g/mol. The Balaban J connectivity index is 1.22. The van der Waals surface area contributed by atoms with Gasteiger partial charge in [0.15, 0.2) is 5.82 Å². The fourth-order valence-electron chi connectivity index (χ4n) is 5.61. The topological polar surface area (TPSA) is 64.5 Å². The van der Waals surface area contributed by atoms with Crippen molar-refractivity contribution >= 4 is 10.8 Å². The lowest BCUT2D eigenvalue weighted by Crippen LogP contribution is -1.97. The van der Waals surface area contributed by atoms with E-state index in [1.165, 1.54) is 10.8 Å². The maximum absolute atomic E-state index is 5.02. The van der Waals surface area contributed by atoms with Crippen LogP contribution in [-0.4, -0.2) is 24.9 Å². The van der Waals surface area contributed by atoms with E-state index in [-0.39, 0.29) is 0 Å². The molecule has 0 fully saturated rings. The normalized spacial score (nSPS) is 11.0. The Morgan fingerprint density at radius 3 is 1.54 bits per heavy atom. The molecular formula is C41H27N5. The average molecular weight is 590 g/mol. The Labute approximate surface area is 267 Å². The van der Waals surface area contributed by atoms with Crippen LogP contribution in [0.3, 0.4) is 0 Å². The van der Waals surface area contributed by atoms with Gasteiger partial charge in [-0.05, 0) is 70.4 Å². The van der Waals surface area contributed by atoms with Gasteiger partial charge < -0.3 is 0 Å². The first-order valence-electron chi connectivity index (χ1n) is 15.2. The van der Waals surface area contributed by atoms with Crippen LogP contribution in [0.15, 0.2) is 164 Å². The van der Waals surface area contributed by atoms with Gasteiger partial charge in [-0.1, -0.05) is 103 Å². The van der Waals surface area contributed by atoms with E-state index in [4.69, 9.17) is 19.9 Å². The average Bonchev–Trinajstić information content (AvgIpc) is 3.15. The Hall–Kier alpha value is -6.33. The molecule has 4 aromatic carbocycles. The monoisotopic (exact) mass is 589 g/mol. The maximum Gasteiger partial charge on any atom is 0.161 e. The minimum Gasteiger partial charge on any atom is -0.255 e. The number of hydrogen-bond donors (Lipinski definition) is 0. The maximum atomic E-state index is 5.02. The van der Waals surface area contributed by atoms with E-state index in [0.717, 1.165) is 62.0 Å². The molecule has 8 rings (SSSR count). The van der Waals surface area contributed by atoms with Crippen LogP contribution in [0.25, 0.3) is 78.6 Å². The van der Waals surface area contributed by atoms with Gasteiger partial charge in [-0.15, -0.1) is 0 Å². The first kappa shape index (κ1) is 27.2. The molecule has 46 heavy (non-hydrogen) atoms. The summed E-state index contributed by atoms with van der Waals surface area (Å²) in [7, 11) is 0. The quantitative estimate of drug-likeness (QED) is 0.193. The minimum atomic E-state index is 0.617. The molecule has 0 spiro atoms. The number of fused-ring (bicyclic) bond motifs is 1. The van der Waals surface area contributed by atoms with Crippen LogP contribution >= 0.6 is 0 Å².